The normalized spacial score (nSPS) is 32.1. The fourth-order valence-electron chi connectivity index (χ4n) is 3.48. The maximum Gasteiger partial charge on any atom is 0.225 e. The molecule has 0 aromatic carbocycles. The summed E-state index contributed by atoms with van der Waals surface area (Å²) in [7, 11) is 0. The highest BCUT2D eigenvalue weighted by atomic mass is 16.2. The second-order valence-electron chi connectivity index (χ2n) is 8.39. The summed E-state index contributed by atoms with van der Waals surface area (Å²) >= 11 is 0. The molecular weight excluding hydrogens is 248 g/mol. The molecule has 0 spiro atoms. The average molecular weight is 278 g/mol. The number of carbonyl (C=O) groups excluding carboxylic acids is 1. The molecule has 0 radical (unpaired) electrons. The molecule has 1 saturated heterocycles. The van der Waals surface area contributed by atoms with Crippen LogP contribution in [0.1, 0.15) is 59.3 Å². The molecule has 2 atom stereocenters. The van der Waals surface area contributed by atoms with Crippen LogP contribution in [-0.4, -0.2) is 36.0 Å². The van der Waals surface area contributed by atoms with Crippen LogP contribution < -0.4 is 5.32 Å². The van der Waals surface area contributed by atoms with Crippen LogP contribution in [0.3, 0.4) is 0 Å². The van der Waals surface area contributed by atoms with Crippen molar-refractivity contribution in [1.29, 1.82) is 0 Å². The van der Waals surface area contributed by atoms with Crippen LogP contribution in [-0.2, 0) is 4.79 Å². The Morgan fingerprint density at radius 3 is 2.35 bits per heavy atom. The highest BCUT2D eigenvalue weighted by Gasteiger charge is 2.38. The zero-order valence-corrected chi connectivity index (χ0v) is 13.3. The molecule has 3 nitrogen and oxygen atoms in total. The van der Waals surface area contributed by atoms with Crippen molar-refractivity contribution in [3.05, 3.63) is 0 Å². The van der Waals surface area contributed by atoms with Crippen LogP contribution in [0.4, 0.5) is 0 Å². The van der Waals surface area contributed by atoms with E-state index in [0.717, 1.165) is 24.4 Å². The molecule has 0 aromatic rings. The third kappa shape index (κ3) is 3.75. The summed E-state index contributed by atoms with van der Waals surface area (Å²) in [5.74, 6) is 2.02. The van der Waals surface area contributed by atoms with Crippen molar-refractivity contribution in [2.75, 3.05) is 13.1 Å². The third-order valence-electron chi connectivity index (χ3n) is 5.01. The molecular formula is C17H30N2O. The van der Waals surface area contributed by atoms with E-state index >= 15 is 0 Å². The number of rotatable bonds is 4. The van der Waals surface area contributed by atoms with Crippen LogP contribution >= 0.6 is 0 Å². The van der Waals surface area contributed by atoms with Crippen molar-refractivity contribution < 1.29 is 4.79 Å². The molecule has 1 heterocycles. The zero-order chi connectivity index (χ0) is 14.3. The first-order chi connectivity index (χ1) is 9.41. The molecule has 2 unspecified atom stereocenters. The van der Waals surface area contributed by atoms with Crippen LogP contribution in [0.25, 0.3) is 0 Å². The number of nitrogens with zero attached hydrogens (tertiary/aromatic N) is 1. The van der Waals surface area contributed by atoms with Gasteiger partial charge in [-0.25, -0.2) is 0 Å². The van der Waals surface area contributed by atoms with E-state index in [9.17, 15) is 4.79 Å². The Balaban J connectivity index is 1.58. The number of amides is 1. The minimum atomic E-state index is -0.270. The standard InChI is InChI=1S/C17H30N2O/c1-17(2,3)16(20)18-14-9-13(8-12-4-5-12)10-19(11-14)15-6-7-15/h12-15H,4-11H2,1-3H3,(H,18,20). The van der Waals surface area contributed by atoms with Gasteiger partial charge >= 0.3 is 0 Å². The van der Waals surface area contributed by atoms with Gasteiger partial charge in [0.25, 0.3) is 0 Å². The Bertz CT molecular complexity index is 366. The Hall–Kier alpha value is -0.570. The van der Waals surface area contributed by atoms with Gasteiger partial charge in [0, 0.05) is 30.6 Å². The Labute approximate surface area is 123 Å². The largest absolute Gasteiger partial charge is 0.352 e. The van der Waals surface area contributed by atoms with E-state index in [0.29, 0.717) is 6.04 Å². The molecule has 0 aromatic heterocycles. The first-order valence-electron chi connectivity index (χ1n) is 8.47. The van der Waals surface area contributed by atoms with E-state index in [1.807, 2.05) is 20.8 Å². The Morgan fingerprint density at radius 1 is 1.10 bits per heavy atom. The van der Waals surface area contributed by atoms with Gasteiger partial charge in [0.05, 0.1) is 0 Å². The fourth-order valence-corrected chi connectivity index (χ4v) is 3.48. The van der Waals surface area contributed by atoms with Gasteiger partial charge < -0.3 is 5.32 Å². The van der Waals surface area contributed by atoms with Gasteiger partial charge in [-0.2, -0.15) is 0 Å². The molecule has 20 heavy (non-hydrogen) atoms. The zero-order valence-electron chi connectivity index (χ0n) is 13.3. The maximum atomic E-state index is 12.2. The molecule has 1 N–H and O–H groups in total. The molecule has 3 rings (SSSR count). The van der Waals surface area contributed by atoms with Crippen molar-refractivity contribution in [1.82, 2.24) is 10.2 Å². The Morgan fingerprint density at radius 2 is 1.80 bits per heavy atom. The monoisotopic (exact) mass is 278 g/mol. The topological polar surface area (TPSA) is 32.3 Å². The van der Waals surface area contributed by atoms with Crippen molar-refractivity contribution >= 4 is 5.91 Å². The van der Waals surface area contributed by atoms with E-state index in [-0.39, 0.29) is 11.3 Å². The summed E-state index contributed by atoms with van der Waals surface area (Å²) in [6, 6.07) is 1.20. The minimum Gasteiger partial charge on any atom is -0.352 e. The highest BCUT2D eigenvalue weighted by molar-refractivity contribution is 5.81. The molecule has 3 heteroatoms. The molecule has 2 aliphatic carbocycles. The first-order valence-corrected chi connectivity index (χ1v) is 8.47. The van der Waals surface area contributed by atoms with Gasteiger partial charge in [-0.1, -0.05) is 33.6 Å². The van der Waals surface area contributed by atoms with Gasteiger partial charge in [0.1, 0.15) is 0 Å². The van der Waals surface area contributed by atoms with Gasteiger partial charge in [-0.15, -0.1) is 0 Å². The van der Waals surface area contributed by atoms with Gasteiger partial charge in [0.15, 0.2) is 0 Å². The second kappa shape index (κ2) is 5.32. The summed E-state index contributed by atoms with van der Waals surface area (Å²) in [6.45, 7) is 8.37. The fraction of sp³-hybridized carbons (Fsp3) is 0.941. The van der Waals surface area contributed by atoms with Crippen LogP contribution in [0.5, 0.6) is 0 Å². The lowest BCUT2D eigenvalue weighted by molar-refractivity contribution is -0.129. The first kappa shape index (κ1) is 14.4. The van der Waals surface area contributed by atoms with Crippen LogP contribution in [0.2, 0.25) is 0 Å². The summed E-state index contributed by atoms with van der Waals surface area (Å²) < 4.78 is 0. The average Bonchev–Trinajstić information content (AvgIpc) is 3.22. The molecule has 114 valence electrons. The lowest BCUT2D eigenvalue weighted by atomic mass is 9.88. The molecule has 3 aliphatic rings. The van der Waals surface area contributed by atoms with E-state index in [2.05, 4.69) is 10.2 Å². The highest BCUT2D eigenvalue weighted by Crippen LogP contribution is 2.39. The predicted octanol–water partition coefficient (Wildman–Crippen LogP) is 2.80. The summed E-state index contributed by atoms with van der Waals surface area (Å²) in [4.78, 5) is 14.9. The lowest BCUT2D eigenvalue weighted by Crippen LogP contribution is -2.53. The van der Waals surface area contributed by atoms with E-state index < -0.39 is 0 Å². The number of carbonyl (C=O) groups is 1. The minimum absolute atomic E-state index is 0.213. The summed E-state index contributed by atoms with van der Waals surface area (Å²) in [6.07, 6.45) is 8.22. The molecule has 2 saturated carbocycles. The number of hydrogen-bond donors (Lipinski definition) is 1. The molecule has 1 amide bonds. The van der Waals surface area contributed by atoms with Crippen LogP contribution in [0, 0.1) is 17.3 Å². The van der Waals surface area contributed by atoms with Crippen LogP contribution in [0.15, 0.2) is 0 Å². The lowest BCUT2D eigenvalue weighted by Gasteiger charge is -2.39. The Kier molecular flexibility index (Phi) is 3.83. The van der Waals surface area contributed by atoms with Gasteiger partial charge in [-0.3, -0.25) is 9.69 Å². The number of hydrogen-bond acceptors (Lipinski definition) is 2. The molecule has 1 aliphatic heterocycles. The van der Waals surface area contributed by atoms with E-state index in [4.69, 9.17) is 0 Å². The van der Waals surface area contributed by atoms with E-state index in [1.165, 1.54) is 45.1 Å². The quantitative estimate of drug-likeness (QED) is 0.857. The number of nitrogens with one attached hydrogen (secondary N) is 1. The van der Waals surface area contributed by atoms with Crippen molar-refractivity contribution in [2.45, 2.75) is 71.4 Å². The summed E-state index contributed by atoms with van der Waals surface area (Å²) in [5.41, 5.74) is -0.270. The molecule has 3 fully saturated rings. The van der Waals surface area contributed by atoms with Gasteiger partial charge in [-0.05, 0) is 37.5 Å². The summed E-state index contributed by atoms with van der Waals surface area (Å²) in [5, 5.41) is 3.31. The van der Waals surface area contributed by atoms with Crippen molar-refractivity contribution in [2.24, 2.45) is 17.3 Å². The third-order valence-corrected chi connectivity index (χ3v) is 5.01. The maximum absolute atomic E-state index is 12.2. The number of likely N-dealkylation sites (tertiary alicyclic amines) is 1. The smallest absolute Gasteiger partial charge is 0.225 e. The predicted molar refractivity (Wildman–Crippen MR) is 81.4 cm³/mol. The number of piperidine rings is 1. The van der Waals surface area contributed by atoms with E-state index in [1.54, 1.807) is 0 Å². The van der Waals surface area contributed by atoms with Gasteiger partial charge in [0.2, 0.25) is 5.91 Å². The van der Waals surface area contributed by atoms with Crippen molar-refractivity contribution in [3.63, 3.8) is 0 Å². The second-order valence-corrected chi connectivity index (χ2v) is 8.39. The molecule has 0 bridgehead atoms. The van der Waals surface area contributed by atoms with Crippen molar-refractivity contribution in [3.8, 4) is 0 Å². The SMILES string of the molecule is CC(C)(C)C(=O)NC1CC(CC2CC2)CN(C2CC2)C1.